The van der Waals surface area contributed by atoms with E-state index in [1.807, 2.05) is 57.2 Å². The van der Waals surface area contributed by atoms with Gasteiger partial charge in [-0.1, -0.05) is 12.1 Å². The maximum Gasteiger partial charge on any atom is 0.275 e. The van der Waals surface area contributed by atoms with E-state index >= 15 is 0 Å². The van der Waals surface area contributed by atoms with E-state index in [4.69, 9.17) is 9.47 Å². The van der Waals surface area contributed by atoms with Crippen LogP contribution in [0.1, 0.15) is 34.2 Å². The Kier molecular flexibility index (Phi) is 6.34. The van der Waals surface area contributed by atoms with Crippen LogP contribution in [-0.4, -0.2) is 30.4 Å². The minimum Gasteiger partial charge on any atom is -0.496 e. The number of rotatable bonds is 7. The van der Waals surface area contributed by atoms with E-state index in [0.29, 0.717) is 17.9 Å². The number of carbonyl (C=O) groups is 1. The molecule has 6 nitrogen and oxygen atoms in total. The van der Waals surface area contributed by atoms with Crippen LogP contribution in [0.4, 0.5) is 0 Å². The lowest BCUT2D eigenvalue weighted by Crippen LogP contribution is -2.18. The number of benzene rings is 2. The third-order valence-electron chi connectivity index (χ3n) is 4.60. The molecule has 2 aromatic carbocycles. The Balaban J connectivity index is 1.77. The molecule has 1 heterocycles. The summed E-state index contributed by atoms with van der Waals surface area (Å²) in [5.41, 5.74) is 7.07. The molecule has 0 unspecified atom stereocenters. The van der Waals surface area contributed by atoms with Crippen LogP contribution in [0.15, 0.2) is 59.7 Å². The van der Waals surface area contributed by atoms with Crippen LogP contribution >= 0.6 is 0 Å². The zero-order valence-electron chi connectivity index (χ0n) is 17.1. The fourth-order valence-electron chi connectivity index (χ4n) is 3.23. The highest BCUT2D eigenvalue weighted by atomic mass is 16.5. The Morgan fingerprint density at radius 2 is 1.86 bits per heavy atom. The highest BCUT2D eigenvalue weighted by molar-refractivity contribution is 5.97. The Labute approximate surface area is 170 Å². The summed E-state index contributed by atoms with van der Waals surface area (Å²) in [6, 6.07) is 17.0. The number of para-hydroxylation sites is 1. The molecular formula is C23H25N3O3. The van der Waals surface area contributed by atoms with Crippen molar-refractivity contribution in [2.45, 2.75) is 20.8 Å². The molecule has 0 atom stereocenters. The molecule has 0 bridgehead atoms. The maximum absolute atomic E-state index is 12.4. The van der Waals surface area contributed by atoms with Gasteiger partial charge in [-0.3, -0.25) is 4.79 Å². The van der Waals surface area contributed by atoms with E-state index in [9.17, 15) is 4.79 Å². The Hall–Kier alpha value is -3.54. The van der Waals surface area contributed by atoms with Crippen LogP contribution in [0.3, 0.4) is 0 Å². The monoisotopic (exact) mass is 391 g/mol. The summed E-state index contributed by atoms with van der Waals surface area (Å²) >= 11 is 0. The van der Waals surface area contributed by atoms with Gasteiger partial charge in [-0.2, -0.15) is 5.10 Å². The number of amides is 1. The van der Waals surface area contributed by atoms with E-state index in [2.05, 4.69) is 15.1 Å². The average Bonchev–Trinajstić information content (AvgIpc) is 3.02. The van der Waals surface area contributed by atoms with Gasteiger partial charge >= 0.3 is 0 Å². The van der Waals surface area contributed by atoms with E-state index in [0.717, 1.165) is 28.4 Å². The van der Waals surface area contributed by atoms with Gasteiger partial charge in [0.25, 0.3) is 5.91 Å². The van der Waals surface area contributed by atoms with Gasteiger partial charge in [-0.15, -0.1) is 0 Å². The highest BCUT2D eigenvalue weighted by Crippen LogP contribution is 2.22. The van der Waals surface area contributed by atoms with Crippen molar-refractivity contribution in [3.63, 3.8) is 0 Å². The molecule has 1 N–H and O–H groups in total. The third kappa shape index (κ3) is 4.48. The van der Waals surface area contributed by atoms with Crippen LogP contribution in [0.25, 0.3) is 5.69 Å². The topological polar surface area (TPSA) is 64.8 Å². The number of carbonyl (C=O) groups excluding carboxylic acids is 1. The standard InChI is InChI=1S/C23H25N3O3/c1-5-29-20-12-10-19(11-13-20)26-16(2)14-18(17(26)3)15-24-25-23(27)21-8-6-7-9-22(21)28-4/h6-15H,5H2,1-4H3,(H,25,27)/b24-15-. The molecule has 0 radical (unpaired) electrons. The zero-order chi connectivity index (χ0) is 20.8. The second-order valence-electron chi connectivity index (χ2n) is 6.49. The van der Waals surface area contributed by atoms with Crippen molar-refractivity contribution < 1.29 is 14.3 Å². The molecule has 0 aliphatic rings. The summed E-state index contributed by atoms with van der Waals surface area (Å²) in [6.45, 7) is 6.66. The second-order valence-corrected chi connectivity index (χ2v) is 6.49. The van der Waals surface area contributed by atoms with Gasteiger partial charge < -0.3 is 14.0 Å². The SMILES string of the molecule is CCOc1ccc(-n2c(C)cc(/C=N\NC(=O)c3ccccc3OC)c2C)cc1. The predicted octanol–water partition coefficient (Wildman–Crippen LogP) is 4.27. The summed E-state index contributed by atoms with van der Waals surface area (Å²) in [5.74, 6) is 1.03. The molecule has 1 amide bonds. The van der Waals surface area contributed by atoms with Crippen molar-refractivity contribution in [2.24, 2.45) is 5.10 Å². The average molecular weight is 391 g/mol. The molecule has 3 aromatic rings. The Morgan fingerprint density at radius 1 is 1.14 bits per heavy atom. The van der Waals surface area contributed by atoms with E-state index in [-0.39, 0.29) is 5.91 Å². The van der Waals surface area contributed by atoms with Gasteiger partial charge in [0.15, 0.2) is 0 Å². The number of methoxy groups -OCH3 is 1. The van der Waals surface area contributed by atoms with Crippen molar-refractivity contribution in [2.75, 3.05) is 13.7 Å². The largest absolute Gasteiger partial charge is 0.496 e. The van der Waals surface area contributed by atoms with Gasteiger partial charge in [-0.25, -0.2) is 5.43 Å². The van der Waals surface area contributed by atoms with Crippen molar-refractivity contribution in [1.29, 1.82) is 0 Å². The zero-order valence-corrected chi connectivity index (χ0v) is 17.1. The molecular weight excluding hydrogens is 366 g/mol. The molecule has 0 saturated carbocycles. The molecule has 0 aliphatic heterocycles. The number of nitrogens with one attached hydrogen (secondary N) is 1. The van der Waals surface area contributed by atoms with Gasteiger partial charge in [0.2, 0.25) is 0 Å². The van der Waals surface area contributed by atoms with Crippen LogP contribution in [0.2, 0.25) is 0 Å². The molecule has 3 rings (SSSR count). The van der Waals surface area contributed by atoms with E-state index < -0.39 is 0 Å². The molecule has 6 heteroatoms. The van der Waals surface area contributed by atoms with E-state index in [1.165, 1.54) is 7.11 Å². The lowest BCUT2D eigenvalue weighted by molar-refractivity contribution is 0.0952. The number of ether oxygens (including phenoxy) is 2. The lowest BCUT2D eigenvalue weighted by Gasteiger charge is -2.11. The van der Waals surface area contributed by atoms with Crippen molar-refractivity contribution in [3.05, 3.63) is 77.1 Å². The minimum atomic E-state index is -0.320. The predicted molar refractivity (Wildman–Crippen MR) is 114 cm³/mol. The Bertz CT molecular complexity index is 1020. The van der Waals surface area contributed by atoms with Gasteiger partial charge in [0, 0.05) is 22.6 Å². The smallest absolute Gasteiger partial charge is 0.275 e. The van der Waals surface area contributed by atoms with Gasteiger partial charge in [-0.05, 0) is 63.2 Å². The molecule has 0 fully saturated rings. The lowest BCUT2D eigenvalue weighted by atomic mass is 10.2. The minimum absolute atomic E-state index is 0.320. The van der Waals surface area contributed by atoms with Crippen LogP contribution in [-0.2, 0) is 0 Å². The molecule has 0 saturated heterocycles. The first-order valence-electron chi connectivity index (χ1n) is 9.43. The molecule has 150 valence electrons. The number of aromatic nitrogens is 1. The number of nitrogens with zero attached hydrogens (tertiary/aromatic N) is 2. The van der Waals surface area contributed by atoms with E-state index in [1.54, 1.807) is 24.4 Å². The van der Waals surface area contributed by atoms with Crippen molar-refractivity contribution in [1.82, 2.24) is 9.99 Å². The summed E-state index contributed by atoms with van der Waals surface area (Å²) in [6.07, 6.45) is 1.65. The molecule has 1 aromatic heterocycles. The first-order chi connectivity index (χ1) is 14.0. The first kappa shape index (κ1) is 20.2. The van der Waals surface area contributed by atoms with Crippen LogP contribution in [0.5, 0.6) is 11.5 Å². The summed E-state index contributed by atoms with van der Waals surface area (Å²) in [4.78, 5) is 12.4. The quantitative estimate of drug-likeness (QED) is 0.483. The fraction of sp³-hybridized carbons (Fsp3) is 0.217. The van der Waals surface area contributed by atoms with Gasteiger partial charge in [0.1, 0.15) is 11.5 Å². The molecule has 0 aliphatic carbocycles. The Morgan fingerprint density at radius 3 is 2.55 bits per heavy atom. The van der Waals surface area contributed by atoms with Gasteiger partial charge in [0.05, 0.1) is 25.5 Å². The number of hydrogen-bond acceptors (Lipinski definition) is 4. The summed E-state index contributed by atoms with van der Waals surface area (Å²) in [7, 11) is 1.53. The second kappa shape index (κ2) is 9.10. The number of hydrazone groups is 1. The third-order valence-corrected chi connectivity index (χ3v) is 4.60. The van der Waals surface area contributed by atoms with Crippen molar-refractivity contribution in [3.8, 4) is 17.2 Å². The number of aryl methyl sites for hydroxylation is 1. The number of hydrogen-bond donors (Lipinski definition) is 1. The first-order valence-corrected chi connectivity index (χ1v) is 9.43. The molecule has 0 spiro atoms. The molecule has 29 heavy (non-hydrogen) atoms. The van der Waals surface area contributed by atoms with Crippen molar-refractivity contribution >= 4 is 12.1 Å². The maximum atomic E-state index is 12.4. The summed E-state index contributed by atoms with van der Waals surface area (Å²) < 4.78 is 12.9. The summed E-state index contributed by atoms with van der Waals surface area (Å²) in [5, 5.41) is 4.13. The fourth-order valence-corrected chi connectivity index (χ4v) is 3.23. The van der Waals surface area contributed by atoms with Crippen LogP contribution < -0.4 is 14.9 Å². The van der Waals surface area contributed by atoms with Crippen LogP contribution in [0, 0.1) is 13.8 Å². The highest BCUT2D eigenvalue weighted by Gasteiger charge is 2.12. The normalized spacial score (nSPS) is 10.9.